The van der Waals surface area contributed by atoms with Crippen LogP contribution in [0.15, 0.2) is 16.6 Å². The summed E-state index contributed by atoms with van der Waals surface area (Å²) in [5, 5.41) is 9.83. The van der Waals surface area contributed by atoms with E-state index in [-0.39, 0.29) is 5.75 Å². The average molecular weight is 343 g/mol. The second-order valence-corrected chi connectivity index (χ2v) is 6.45. The second kappa shape index (κ2) is 6.78. The quantitative estimate of drug-likeness (QED) is 0.912. The number of nitrogens with zero attached hydrogens (tertiary/aromatic N) is 2. The number of halogens is 1. The second-order valence-electron chi connectivity index (χ2n) is 5.60. The molecule has 5 heteroatoms. The molecule has 1 fully saturated rings. The largest absolute Gasteiger partial charge is 0.503 e. The number of likely N-dealkylation sites (tertiary alicyclic amines) is 1. The Morgan fingerprint density at radius 2 is 2.00 bits per heavy atom. The summed E-state index contributed by atoms with van der Waals surface area (Å²) in [6.45, 7) is 3.13. The van der Waals surface area contributed by atoms with Gasteiger partial charge in [0, 0.05) is 12.6 Å². The summed E-state index contributed by atoms with van der Waals surface area (Å²) < 4.78 is 5.89. The van der Waals surface area contributed by atoms with E-state index < -0.39 is 0 Å². The number of phenolic OH excluding ortho intramolecular Hbond substituents is 1. The number of piperidine rings is 1. The van der Waals surface area contributed by atoms with Gasteiger partial charge in [-0.3, -0.25) is 4.90 Å². The standard InChI is InChI=1S/C15H23BrN2O2/c1-17(2)12-4-6-18(7-5-12)10-11-8-13(16)15(19)14(9-11)20-3/h8-9,12,19H,4-7,10H2,1-3H3. The molecule has 4 nitrogen and oxygen atoms in total. The van der Waals surface area contributed by atoms with E-state index in [1.807, 2.05) is 12.1 Å². The van der Waals surface area contributed by atoms with E-state index in [2.05, 4.69) is 39.8 Å². The van der Waals surface area contributed by atoms with E-state index in [4.69, 9.17) is 4.74 Å². The van der Waals surface area contributed by atoms with E-state index in [1.54, 1.807) is 7.11 Å². The summed E-state index contributed by atoms with van der Waals surface area (Å²) >= 11 is 3.38. The van der Waals surface area contributed by atoms with E-state index in [0.717, 1.165) is 25.2 Å². The predicted molar refractivity (Wildman–Crippen MR) is 84.3 cm³/mol. The van der Waals surface area contributed by atoms with Gasteiger partial charge in [-0.15, -0.1) is 0 Å². The highest BCUT2D eigenvalue weighted by atomic mass is 79.9. The van der Waals surface area contributed by atoms with Crippen molar-refractivity contribution in [3.8, 4) is 11.5 Å². The number of rotatable bonds is 4. The highest BCUT2D eigenvalue weighted by molar-refractivity contribution is 9.10. The highest BCUT2D eigenvalue weighted by Gasteiger charge is 2.21. The summed E-state index contributed by atoms with van der Waals surface area (Å²) in [5.41, 5.74) is 1.16. The van der Waals surface area contributed by atoms with Crippen LogP contribution in [0, 0.1) is 0 Å². The summed E-state index contributed by atoms with van der Waals surface area (Å²) in [5.74, 6) is 0.695. The van der Waals surface area contributed by atoms with Gasteiger partial charge in [-0.05, 0) is 73.7 Å². The minimum absolute atomic E-state index is 0.169. The number of benzene rings is 1. The van der Waals surface area contributed by atoms with Crippen LogP contribution in [0.5, 0.6) is 11.5 Å². The van der Waals surface area contributed by atoms with E-state index in [1.165, 1.54) is 12.8 Å². The molecule has 1 aliphatic rings. The Hall–Kier alpha value is -0.780. The van der Waals surface area contributed by atoms with Crippen molar-refractivity contribution >= 4 is 15.9 Å². The molecule has 0 saturated carbocycles. The molecule has 2 rings (SSSR count). The Morgan fingerprint density at radius 1 is 1.35 bits per heavy atom. The van der Waals surface area contributed by atoms with Gasteiger partial charge in [0.15, 0.2) is 11.5 Å². The highest BCUT2D eigenvalue weighted by Crippen LogP contribution is 2.35. The van der Waals surface area contributed by atoms with Crippen molar-refractivity contribution in [2.75, 3.05) is 34.3 Å². The van der Waals surface area contributed by atoms with Crippen LogP contribution in [-0.4, -0.2) is 55.2 Å². The molecule has 20 heavy (non-hydrogen) atoms. The molecule has 0 radical (unpaired) electrons. The number of aromatic hydroxyl groups is 1. The lowest BCUT2D eigenvalue weighted by Gasteiger charge is -2.35. The SMILES string of the molecule is COc1cc(CN2CCC(N(C)C)CC2)cc(Br)c1O. The lowest BCUT2D eigenvalue weighted by molar-refractivity contribution is 0.140. The number of ether oxygens (including phenoxy) is 1. The van der Waals surface area contributed by atoms with Crippen LogP contribution in [-0.2, 0) is 6.54 Å². The van der Waals surface area contributed by atoms with Gasteiger partial charge in [0.1, 0.15) is 0 Å². The maximum atomic E-state index is 9.83. The van der Waals surface area contributed by atoms with Crippen molar-refractivity contribution in [3.63, 3.8) is 0 Å². The van der Waals surface area contributed by atoms with Crippen molar-refractivity contribution < 1.29 is 9.84 Å². The Balaban J connectivity index is 1.99. The first kappa shape index (κ1) is 15.6. The van der Waals surface area contributed by atoms with Crippen LogP contribution < -0.4 is 4.74 Å². The fourth-order valence-corrected chi connectivity index (χ4v) is 3.22. The smallest absolute Gasteiger partial charge is 0.172 e. The zero-order valence-electron chi connectivity index (χ0n) is 12.4. The molecule has 1 aromatic rings. The number of hydrogen-bond donors (Lipinski definition) is 1. The predicted octanol–water partition coefficient (Wildman–Crippen LogP) is 2.69. The average Bonchev–Trinajstić information content (AvgIpc) is 2.43. The van der Waals surface area contributed by atoms with Gasteiger partial charge in [-0.2, -0.15) is 0 Å². The van der Waals surface area contributed by atoms with Crippen LogP contribution in [0.3, 0.4) is 0 Å². The summed E-state index contributed by atoms with van der Waals surface area (Å²) in [7, 11) is 5.89. The number of methoxy groups -OCH3 is 1. The summed E-state index contributed by atoms with van der Waals surface area (Å²) in [6, 6.07) is 4.58. The molecule has 1 aliphatic heterocycles. The molecule has 1 heterocycles. The minimum Gasteiger partial charge on any atom is -0.503 e. The molecule has 0 atom stereocenters. The van der Waals surface area contributed by atoms with Crippen molar-refractivity contribution in [1.29, 1.82) is 0 Å². The van der Waals surface area contributed by atoms with E-state index >= 15 is 0 Å². The zero-order chi connectivity index (χ0) is 14.7. The Bertz CT molecular complexity index is 457. The van der Waals surface area contributed by atoms with Gasteiger partial charge in [0.25, 0.3) is 0 Å². The lowest BCUT2D eigenvalue weighted by Crippen LogP contribution is -2.41. The molecule has 0 bridgehead atoms. The third kappa shape index (κ3) is 3.65. The van der Waals surface area contributed by atoms with Gasteiger partial charge in [0.2, 0.25) is 0 Å². The van der Waals surface area contributed by atoms with Gasteiger partial charge in [-0.1, -0.05) is 0 Å². The fraction of sp³-hybridized carbons (Fsp3) is 0.600. The van der Waals surface area contributed by atoms with Gasteiger partial charge in [-0.25, -0.2) is 0 Å². The van der Waals surface area contributed by atoms with Crippen LogP contribution >= 0.6 is 15.9 Å². The topological polar surface area (TPSA) is 35.9 Å². The third-order valence-corrected chi connectivity index (χ3v) is 4.61. The Labute approximate surface area is 129 Å². The molecule has 1 saturated heterocycles. The van der Waals surface area contributed by atoms with Gasteiger partial charge >= 0.3 is 0 Å². The zero-order valence-corrected chi connectivity index (χ0v) is 14.0. The van der Waals surface area contributed by atoms with Gasteiger partial charge in [0.05, 0.1) is 11.6 Å². The maximum Gasteiger partial charge on any atom is 0.172 e. The van der Waals surface area contributed by atoms with Crippen molar-refractivity contribution in [1.82, 2.24) is 9.80 Å². The van der Waals surface area contributed by atoms with Crippen LogP contribution in [0.4, 0.5) is 0 Å². The van der Waals surface area contributed by atoms with E-state index in [0.29, 0.717) is 16.3 Å². The molecular formula is C15H23BrN2O2. The molecule has 0 spiro atoms. The third-order valence-electron chi connectivity index (χ3n) is 4.00. The molecule has 1 N–H and O–H groups in total. The fourth-order valence-electron chi connectivity index (χ4n) is 2.73. The van der Waals surface area contributed by atoms with Crippen molar-refractivity contribution in [2.45, 2.75) is 25.4 Å². The van der Waals surface area contributed by atoms with Crippen molar-refractivity contribution in [3.05, 3.63) is 22.2 Å². The molecular weight excluding hydrogens is 320 g/mol. The Morgan fingerprint density at radius 3 is 2.55 bits per heavy atom. The molecule has 0 aromatic heterocycles. The lowest BCUT2D eigenvalue weighted by atomic mass is 10.0. The molecule has 0 unspecified atom stereocenters. The normalized spacial score (nSPS) is 17.6. The first-order chi connectivity index (χ1) is 9.51. The van der Waals surface area contributed by atoms with Crippen LogP contribution in [0.25, 0.3) is 0 Å². The molecule has 1 aromatic carbocycles. The Kier molecular flexibility index (Phi) is 5.29. The number of phenols is 1. The van der Waals surface area contributed by atoms with Gasteiger partial charge < -0.3 is 14.7 Å². The summed E-state index contributed by atoms with van der Waals surface area (Å²) in [6.07, 6.45) is 2.42. The number of hydrogen-bond acceptors (Lipinski definition) is 4. The monoisotopic (exact) mass is 342 g/mol. The van der Waals surface area contributed by atoms with E-state index in [9.17, 15) is 5.11 Å². The molecule has 0 amide bonds. The molecule has 0 aliphatic carbocycles. The van der Waals surface area contributed by atoms with Crippen LogP contribution in [0.1, 0.15) is 18.4 Å². The summed E-state index contributed by atoms with van der Waals surface area (Å²) in [4.78, 5) is 4.77. The molecule has 112 valence electrons. The maximum absolute atomic E-state index is 9.83. The minimum atomic E-state index is 0.169. The first-order valence-electron chi connectivity index (χ1n) is 6.95. The van der Waals surface area contributed by atoms with Crippen molar-refractivity contribution in [2.24, 2.45) is 0 Å². The first-order valence-corrected chi connectivity index (χ1v) is 7.74. The van der Waals surface area contributed by atoms with Crippen LogP contribution in [0.2, 0.25) is 0 Å².